The number of methoxy groups -OCH3 is 3. The van der Waals surface area contributed by atoms with Crippen LogP contribution in [0.25, 0.3) is 28.0 Å². The van der Waals surface area contributed by atoms with Crippen LogP contribution in [0.1, 0.15) is 5.56 Å². The van der Waals surface area contributed by atoms with Crippen molar-refractivity contribution >= 4 is 16.8 Å². The highest BCUT2D eigenvalue weighted by Gasteiger charge is 2.16. The molecule has 26 heavy (non-hydrogen) atoms. The summed E-state index contributed by atoms with van der Waals surface area (Å²) in [6.45, 7) is 0. The van der Waals surface area contributed by atoms with Gasteiger partial charge in [0.2, 0.25) is 0 Å². The number of nitrogens with zero attached hydrogens (tertiary/aromatic N) is 2. The minimum atomic E-state index is -0.0950. The molecule has 0 unspecified atom stereocenters. The van der Waals surface area contributed by atoms with E-state index in [0.717, 1.165) is 22.1 Å². The molecule has 0 fully saturated rings. The normalized spacial score (nSPS) is 11.1. The highest BCUT2D eigenvalue weighted by Crippen LogP contribution is 2.39. The number of ether oxygens (including phenoxy) is 3. The summed E-state index contributed by atoms with van der Waals surface area (Å²) in [4.78, 5) is 16.5. The van der Waals surface area contributed by atoms with E-state index in [9.17, 15) is 4.79 Å². The van der Waals surface area contributed by atoms with Crippen LogP contribution in [0.2, 0.25) is 0 Å². The van der Waals surface area contributed by atoms with Crippen molar-refractivity contribution in [3.8, 4) is 22.6 Å². The van der Waals surface area contributed by atoms with E-state index in [4.69, 9.17) is 14.2 Å². The molecule has 134 valence electrons. The van der Waals surface area contributed by atoms with E-state index < -0.39 is 0 Å². The number of benzene rings is 1. The van der Waals surface area contributed by atoms with Crippen LogP contribution >= 0.6 is 0 Å². The summed E-state index contributed by atoms with van der Waals surface area (Å²) >= 11 is 0. The van der Waals surface area contributed by atoms with Crippen LogP contribution < -0.4 is 15.0 Å². The molecule has 3 rings (SSSR count). The molecule has 0 saturated carbocycles. The third kappa shape index (κ3) is 3.01. The number of hydrogen-bond donors (Lipinski definition) is 0. The number of pyridine rings is 2. The molecule has 6 nitrogen and oxygen atoms in total. The summed E-state index contributed by atoms with van der Waals surface area (Å²) in [7, 11) is 6.52. The number of fused-ring (bicyclic) bond motifs is 1. The molecule has 2 heterocycles. The van der Waals surface area contributed by atoms with Gasteiger partial charge < -0.3 is 18.8 Å². The number of aryl methyl sites for hydroxylation is 1. The molecule has 3 aromatic rings. The molecule has 2 aromatic heterocycles. The van der Waals surface area contributed by atoms with Gasteiger partial charge in [-0.3, -0.25) is 9.78 Å². The molecule has 1 aromatic carbocycles. The third-order valence-electron chi connectivity index (χ3n) is 4.21. The van der Waals surface area contributed by atoms with Crippen LogP contribution in [0, 0.1) is 0 Å². The predicted molar refractivity (Wildman–Crippen MR) is 102 cm³/mol. The van der Waals surface area contributed by atoms with Crippen molar-refractivity contribution in [2.45, 2.75) is 0 Å². The van der Waals surface area contributed by atoms with Gasteiger partial charge in [-0.15, -0.1) is 0 Å². The molecule has 6 heteroatoms. The van der Waals surface area contributed by atoms with Gasteiger partial charge >= 0.3 is 0 Å². The van der Waals surface area contributed by atoms with Gasteiger partial charge in [0, 0.05) is 42.3 Å². The van der Waals surface area contributed by atoms with E-state index in [1.807, 2.05) is 18.2 Å². The number of rotatable bonds is 5. The largest absolute Gasteiger partial charge is 0.504 e. The van der Waals surface area contributed by atoms with Crippen molar-refractivity contribution in [1.29, 1.82) is 0 Å². The van der Waals surface area contributed by atoms with Gasteiger partial charge in [-0.2, -0.15) is 0 Å². The zero-order chi connectivity index (χ0) is 18.7. The van der Waals surface area contributed by atoms with Gasteiger partial charge in [-0.05, 0) is 29.7 Å². The predicted octanol–water partition coefficient (Wildman–Crippen LogP) is 3.23. The Bertz CT molecular complexity index is 1040. The first kappa shape index (κ1) is 17.5. The zero-order valence-electron chi connectivity index (χ0n) is 15.1. The molecule has 0 atom stereocenters. The van der Waals surface area contributed by atoms with Crippen LogP contribution in [0.5, 0.6) is 11.5 Å². The van der Waals surface area contributed by atoms with Crippen LogP contribution in [0.3, 0.4) is 0 Å². The lowest BCUT2D eigenvalue weighted by Crippen LogP contribution is -2.16. The van der Waals surface area contributed by atoms with E-state index in [1.165, 1.54) is 0 Å². The van der Waals surface area contributed by atoms with Gasteiger partial charge in [0.25, 0.3) is 5.56 Å². The third-order valence-corrected chi connectivity index (χ3v) is 4.21. The average molecular weight is 352 g/mol. The van der Waals surface area contributed by atoms with Crippen molar-refractivity contribution in [1.82, 2.24) is 9.55 Å². The Balaban J connectivity index is 2.34. The molecule has 0 aliphatic rings. The Morgan fingerprint density at radius 3 is 2.50 bits per heavy atom. The van der Waals surface area contributed by atoms with Crippen LogP contribution in [0.4, 0.5) is 0 Å². The van der Waals surface area contributed by atoms with Crippen LogP contribution in [-0.2, 0) is 11.8 Å². The molecule has 0 aliphatic carbocycles. The Hall–Kier alpha value is -3.28. The minimum Gasteiger partial charge on any atom is -0.504 e. The van der Waals surface area contributed by atoms with Crippen LogP contribution in [-0.4, -0.2) is 30.9 Å². The molecule has 0 saturated heterocycles. The maximum absolute atomic E-state index is 12.4. The van der Waals surface area contributed by atoms with E-state index in [0.29, 0.717) is 16.9 Å². The summed E-state index contributed by atoms with van der Waals surface area (Å²) in [6.07, 6.45) is 8.43. The average Bonchev–Trinajstić information content (AvgIpc) is 2.68. The van der Waals surface area contributed by atoms with Gasteiger partial charge in [0.1, 0.15) is 11.5 Å². The minimum absolute atomic E-state index is 0.0950. The fourth-order valence-corrected chi connectivity index (χ4v) is 2.93. The molecule has 0 bridgehead atoms. The second-order valence-electron chi connectivity index (χ2n) is 5.71. The molecule has 0 N–H and O–H groups in total. The van der Waals surface area contributed by atoms with E-state index >= 15 is 0 Å². The van der Waals surface area contributed by atoms with Crippen molar-refractivity contribution in [2.24, 2.45) is 7.05 Å². The SMILES string of the molecule is COC=Cc1cc(OC)c(-c2cn(C)c(=O)c3cnccc23)cc1OC. The topological polar surface area (TPSA) is 62.6 Å². The second-order valence-corrected chi connectivity index (χ2v) is 5.71. The highest BCUT2D eigenvalue weighted by atomic mass is 16.5. The van der Waals surface area contributed by atoms with Gasteiger partial charge in [-0.1, -0.05) is 0 Å². The Morgan fingerprint density at radius 2 is 1.81 bits per heavy atom. The first-order chi connectivity index (χ1) is 12.6. The maximum atomic E-state index is 12.4. The lowest BCUT2D eigenvalue weighted by molar-refractivity contribution is 0.341. The van der Waals surface area contributed by atoms with E-state index in [2.05, 4.69) is 4.98 Å². The first-order valence-electron chi connectivity index (χ1n) is 7.99. The highest BCUT2D eigenvalue weighted by molar-refractivity contribution is 5.97. The van der Waals surface area contributed by atoms with E-state index in [-0.39, 0.29) is 5.56 Å². The summed E-state index contributed by atoms with van der Waals surface area (Å²) in [5.41, 5.74) is 2.42. The standard InChI is InChI=1S/C20H20N2O4/c1-22-12-17(14-5-7-21-11-16(14)20(22)23)15-10-18(25-3)13(6-8-24-2)9-19(15)26-4/h5-12H,1-4H3. The summed E-state index contributed by atoms with van der Waals surface area (Å²) < 4.78 is 17.7. The molecule has 0 amide bonds. The zero-order valence-corrected chi connectivity index (χ0v) is 15.1. The van der Waals surface area contributed by atoms with E-state index in [1.54, 1.807) is 63.9 Å². The summed E-state index contributed by atoms with van der Waals surface area (Å²) in [6, 6.07) is 5.60. The van der Waals surface area contributed by atoms with Gasteiger partial charge in [0.05, 0.1) is 33.0 Å². The van der Waals surface area contributed by atoms with Gasteiger partial charge in [-0.25, -0.2) is 0 Å². The molecule has 0 spiro atoms. The lowest BCUT2D eigenvalue weighted by atomic mass is 9.98. The molecular formula is C20H20N2O4. The summed E-state index contributed by atoms with van der Waals surface area (Å²) in [5.74, 6) is 1.34. The fraction of sp³-hybridized carbons (Fsp3) is 0.200. The number of hydrogen-bond acceptors (Lipinski definition) is 5. The van der Waals surface area contributed by atoms with Crippen molar-refractivity contribution < 1.29 is 14.2 Å². The van der Waals surface area contributed by atoms with Crippen molar-refractivity contribution in [2.75, 3.05) is 21.3 Å². The summed E-state index contributed by atoms with van der Waals surface area (Å²) in [5, 5.41) is 1.36. The maximum Gasteiger partial charge on any atom is 0.259 e. The second kappa shape index (κ2) is 7.31. The Kier molecular flexibility index (Phi) is 4.93. The van der Waals surface area contributed by atoms with Crippen LogP contribution in [0.15, 0.2) is 47.8 Å². The molecule has 0 radical (unpaired) electrons. The molecular weight excluding hydrogens is 332 g/mol. The smallest absolute Gasteiger partial charge is 0.259 e. The number of aromatic nitrogens is 2. The van der Waals surface area contributed by atoms with Crippen molar-refractivity contribution in [3.05, 3.63) is 59.0 Å². The molecule has 0 aliphatic heterocycles. The lowest BCUT2D eigenvalue weighted by Gasteiger charge is -2.16. The monoisotopic (exact) mass is 352 g/mol. The fourth-order valence-electron chi connectivity index (χ4n) is 2.93. The quantitative estimate of drug-likeness (QED) is 0.660. The van der Waals surface area contributed by atoms with Gasteiger partial charge in [0.15, 0.2) is 0 Å². The Morgan fingerprint density at radius 1 is 1.04 bits per heavy atom. The first-order valence-corrected chi connectivity index (χ1v) is 7.99. The Labute approximate surface area is 151 Å². The van der Waals surface area contributed by atoms with Crippen molar-refractivity contribution in [3.63, 3.8) is 0 Å².